The average molecular weight is 279 g/mol. The zero-order chi connectivity index (χ0) is 13.9. The topological polar surface area (TPSA) is 102 Å². The molecule has 1 amide bonds. The van der Waals surface area contributed by atoms with Crippen LogP contribution in [-0.4, -0.2) is 44.1 Å². The van der Waals surface area contributed by atoms with Crippen LogP contribution in [0.1, 0.15) is 27.2 Å². The average Bonchev–Trinajstić information content (AvgIpc) is 2.58. The fourth-order valence-electron chi connectivity index (χ4n) is 2.02. The third-order valence-electron chi connectivity index (χ3n) is 2.80. The zero-order valence-corrected chi connectivity index (χ0v) is 11.7. The lowest BCUT2D eigenvalue weighted by Crippen LogP contribution is -2.45. The smallest absolute Gasteiger partial charge is 0.422 e. The number of ether oxygens (including phenoxy) is 1. The molecule has 1 heterocycles. The Morgan fingerprint density at radius 2 is 2.17 bits per heavy atom. The highest BCUT2D eigenvalue weighted by Crippen LogP contribution is 2.24. The van der Waals surface area contributed by atoms with Gasteiger partial charge in [-0.25, -0.2) is 9.52 Å². The number of rotatable bonds is 4. The first-order chi connectivity index (χ1) is 8.26. The first kappa shape index (κ1) is 15.2. The third kappa shape index (κ3) is 3.82. The Bertz CT molecular complexity index is 396. The lowest BCUT2D eigenvalue weighted by molar-refractivity contribution is 0.121. The summed E-state index contributed by atoms with van der Waals surface area (Å²) in [6.07, 6.45) is -0.613. The number of amides is 1. The van der Waals surface area contributed by atoms with E-state index in [1.54, 1.807) is 20.8 Å². The number of nitrogens with one attached hydrogen (secondary N) is 1. The molecule has 8 heteroatoms. The molecule has 1 aliphatic rings. The molecule has 0 saturated carbocycles. The van der Waals surface area contributed by atoms with Crippen molar-refractivity contribution in [1.29, 1.82) is 0 Å². The Kier molecular flexibility index (Phi) is 4.94. The highest BCUT2D eigenvalue weighted by atomic mass is 32.2. The van der Waals surface area contributed by atoms with Crippen molar-refractivity contribution in [2.24, 2.45) is 11.7 Å². The van der Waals surface area contributed by atoms with Gasteiger partial charge in [0.2, 0.25) is 0 Å². The SMILES string of the molecule is CC(C)OC(=O)NS(=O)(=O)N1CC(CN)CC1C. The fourth-order valence-corrected chi connectivity index (χ4v) is 3.36. The minimum absolute atomic E-state index is 0.137. The highest BCUT2D eigenvalue weighted by molar-refractivity contribution is 7.87. The van der Waals surface area contributed by atoms with Gasteiger partial charge < -0.3 is 10.5 Å². The molecule has 0 radical (unpaired) electrons. The first-order valence-electron chi connectivity index (χ1n) is 5.96. The van der Waals surface area contributed by atoms with Crippen molar-refractivity contribution in [1.82, 2.24) is 9.03 Å². The molecule has 0 bridgehead atoms. The maximum absolute atomic E-state index is 12.0. The van der Waals surface area contributed by atoms with Gasteiger partial charge in [-0.3, -0.25) is 0 Å². The van der Waals surface area contributed by atoms with Crippen molar-refractivity contribution >= 4 is 16.3 Å². The molecule has 7 nitrogen and oxygen atoms in total. The van der Waals surface area contributed by atoms with Crippen LogP contribution in [0.5, 0.6) is 0 Å². The summed E-state index contributed by atoms with van der Waals surface area (Å²) < 4.78 is 31.8. The van der Waals surface area contributed by atoms with Crippen LogP contribution in [0, 0.1) is 5.92 Å². The van der Waals surface area contributed by atoms with Gasteiger partial charge in [-0.2, -0.15) is 12.7 Å². The third-order valence-corrected chi connectivity index (χ3v) is 4.35. The van der Waals surface area contributed by atoms with Crippen LogP contribution < -0.4 is 10.5 Å². The number of hydrogen-bond acceptors (Lipinski definition) is 5. The van der Waals surface area contributed by atoms with Gasteiger partial charge in [0.25, 0.3) is 0 Å². The summed E-state index contributed by atoms with van der Waals surface area (Å²) in [5, 5.41) is 0. The Labute approximate surface area is 108 Å². The normalized spacial score (nSPS) is 25.4. The van der Waals surface area contributed by atoms with Gasteiger partial charge in [0, 0.05) is 12.6 Å². The molecule has 1 rings (SSSR count). The molecular weight excluding hydrogens is 258 g/mol. The fraction of sp³-hybridized carbons (Fsp3) is 0.900. The molecule has 0 aromatic carbocycles. The second-order valence-electron chi connectivity index (χ2n) is 4.82. The molecule has 0 aliphatic carbocycles. The molecule has 0 aromatic rings. The molecule has 0 spiro atoms. The van der Waals surface area contributed by atoms with E-state index in [9.17, 15) is 13.2 Å². The summed E-state index contributed by atoms with van der Waals surface area (Å²) in [6, 6.07) is -0.164. The summed E-state index contributed by atoms with van der Waals surface area (Å²) in [5.41, 5.74) is 5.54. The largest absolute Gasteiger partial charge is 0.446 e. The second-order valence-corrected chi connectivity index (χ2v) is 6.44. The molecule has 1 saturated heterocycles. The number of carbonyl (C=O) groups excluding carboxylic acids is 1. The van der Waals surface area contributed by atoms with E-state index in [2.05, 4.69) is 0 Å². The quantitative estimate of drug-likeness (QED) is 0.756. The summed E-state index contributed by atoms with van der Waals surface area (Å²) in [4.78, 5) is 11.3. The van der Waals surface area contributed by atoms with Crippen molar-refractivity contribution < 1.29 is 17.9 Å². The zero-order valence-electron chi connectivity index (χ0n) is 10.9. The number of nitrogens with two attached hydrogens (primary N) is 1. The summed E-state index contributed by atoms with van der Waals surface area (Å²) in [5.74, 6) is 0.137. The first-order valence-corrected chi connectivity index (χ1v) is 7.40. The van der Waals surface area contributed by atoms with E-state index in [1.165, 1.54) is 4.31 Å². The predicted octanol–water partition coefficient (Wildman–Crippen LogP) is 0.0349. The van der Waals surface area contributed by atoms with Crippen molar-refractivity contribution in [2.45, 2.75) is 39.3 Å². The molecule has 18 heavy (non-hydrogen) atoms. The van der Waals surface area contributed by atoms with E-state index in [4.69, 9.17) is 10.5 Å². The van der Waals surface area contributed by atoms with E-state index in [0.29, 0.717) is 19.5 Å². The van der Waals surface area contributed by atoms with Crippen LogP contribution in [0.4, 0.5) is 4.79 Å². The molecule has 3 N–H and O–H groups in total. The van der Waals surface area contributed by atoms with E-state index >= 15 is 0 Å². The maximum atomic E-state index is 12.0. The number of hydrogen-bond donors (Lipinski definition) is 2. The molecule has 2 atom stereocenters. The minimum atomic E-state index is -3.84. The summed E-state index contributed by atoms with van der Waals surface area (Å²) >= 11 is 0. The maximum Gasteiger partial charge on any atom is 0.422 e. The Hall–Kier alpha value is -0.860. The number of nitrogens with zero attached hydrogens (tertiary/aromatic N) is 1. The summed E-state index contributed by atoms with van der Waals surface area (Å²) in [7, 11) is -3.84. The lowest BCUT2D eigenvalue weighted by Gasteiger charge is -2.21. The van der Waals surface area contributed by atoms with Gasteiger partial charge in [-0.05, 0) is 39.7 Å². The highest BCUT2D eigenvalue weighted by Gasteiger charge is 2.37. The van der Waals surface area contributed by atoms with Crippen LogP contribution in [0.15, 0.2) is 0 Å². The molecular formula is C10H21N3O4S. The molecule has 1 fully saturated rings. The van der Waals surface area contributed by atoms with E-state index in [0.717, 1.165) is 0 Å². The Balaban J connectivity index is 2.67. The Morgan fingerprint density at radius 3 is 2.61 bits per heavy atom. The van der Waals surface area contributed by atoms with Gasteiger partial charge in [-0.15, -0.1) is 0 Å². The van der Waals surface area contributed by atoms with Crippen molar-refractivity contribution in [3.05, 3.63) is 0 Å². The predicted molar refractivity (Wildman–Crippen MR) is 67.0 cm³/mol. The van der Waals surface area contributed by atoms with Crippen molar-refractivity contribution in [2.75, 3.05) is 13.1 Å². The molecule has 106 valence electrons. The van der Waals surface area contributed by atoms with Crippen LogP contribution in [0.25, 0.3) is 0 Å². The van der Waals surface area contributed by atoms with Gasteiger partial charge in [0.1, 0.15) is 0 Å². The lowest BCUT2D eigenvalue weighted by atomic mass is 10.1. The Morgan fingerprint density at radius 1 is 1.56 bits per heavy atom. The standard InChI is InChI=1S/C10H21N3O4S/c1-7(2)17-10(14)12-18(15,16)13-6-9(5-11)4-8(13)3/h7-9H,4-6,11H2,1-3H3,(H,12,14). The summed E-state index contributed by atoms with van der Waals surface area (Å²) in [6.45, 7) is 5.86. The van der Waals surface area contributed by atoms with E-state index < -0.39 is 16.3 Å². The van der Waals surface area contributed by atoms with E-state index in [1.807, 2.05) is 4.72 Å². The van der Waals surface area contributed by atoms with Gasteiger partial charge >= 0.3 is 16.3 Å². The molecule has 0 aromatic heterocycles. The van der Waals surface area contributed by atoms with Crippen molar-refractivity contribution in [3.8, 4) is 0 Å². The van der Waals surface area contributed by atoms with E-state index in [-0.39, 0.29) is 18.1 Å². The minimum Gasteiger partial charge on any atom is -0.446 e. The molecule has 1 aliphatic heterocycles. The van der Waals surface area contributed by atoms with Crippen LogP contribution in [0.2, 0.25) is 0 Å². The number of carbonyl (C=O) groups is 1. The molecule has 2 unspecified atom stereocenters. The van der Waals surface area contributed by atoms with Crippen LogP contribution in [0.3, 0.4) is 0 Å². The van der Waals surface area contributed by atoms with Crippen LogP contribution >= 0.6 is 0 Å². The van der Waals surface area contributed by atoms with Crippen LogP contribution in [-0.2, 0) is 14.9 Å². The van der Waals surface area contributed by atoms with Gasteiger partial charge in [0.05, 0.1) is 6.10 Å². The van der Waals surface area contributed by atoms with Gasteiger partial charge in [-0.1, -0.05) is 0 Å². The van der Waals surface area contributed by atoms with Crippen molar-refractivity contribution in [3.63, 3.8) is 0 Å². The second kappa shape index (κ2) is 5.85. The monoisotopic (exact) mass is 279 g/mol. The van der Waals surface area contributed by atoms with Gasteiger partial charge in [0.15, 0.2) is 0 Å².